The molecule has 0 spiro atoms. The lowest BCUT2D eigenvalue weighted by atomic mass is 10.1. The van der Waals surface area contributed by atoms with Gasteiger partial charge in [0.1, 0.15) is 17.2 Å². The Bertz CT molecular complexity index is 1320. The Balaban J connectivity index is 1.65. The van der Waals surface area contributed by atoms with Gasteiger partial charge in [0.25, 0.3) is 5.91 Å². The summed E-state index contributed by atoms with van der Waals surface area (Å²) in [6, 6.07) is 22.3. The zero-order valence-corrected chi connectivity index (χ0v) is 19.3. The van der Waals surface area contributed by atoms with Gasteiger partial charge in [0.15, 0.2) is 5.17 Å². The zero-order valence-electron chi connectivity index (χ0n) is 18.5. The third kappa shape index (κ3) is 5.67. The van der Waals surface area contributed by atoms with Crippen molar-refractivity contribution in [2.75, 3.05) is 12.0 Å². The molecule has 0 fully saturated rings. The Morgan fingerprint density at radius 1 is 1.06 bits per heavy atom. The number of halogens is 2. The number of benzene rings is 3. The summed E-state index contributed by atoms with van der Waals surface area (Å²) in [6.45, 7) is -2.94. The molecule has 176 valence electrons. The van der Waals surface area contributed by atoms with Crippen molar-refractivity contribution in [2.24, 2.45) is 4.99 Å². The summed E-state index contributed by atoms with van der Waals surface area (Å²) < 4.78 is 34.6. The highest BCUT2D eigenvalue weighted by molar-refractivity contribution is 8.13. The van der Waals surface area contributed by atoms with Crippen LogP contribution in [0.25, 0.3) is 6.08 Å². The maximum atomic E-state index is 13.3. The number of aliphatic imine (C=N–C) groups is 1. The molecular weight excluding hydrogens is 472 g/mol. The van der Waals surface area contributed by atoms with E-state index in [-0.39, 0.29) is 17.4 Å². The fourth-order valence-electron chi connectivity index (χ4n) is 3.35. The molecule has 0 saturated heterocycles. The van der Waals surface area contributed by atoms with Crippen LogP contribution in [0.1, 0.15) is 16.7 Å². The highest BCUT2D eigenvalue weighted by Crippen LogP contribution is 2.32. The molecular formula is C26H19F2N3O3S. The van der Waals surface area contributed by atoms with Gasteiger partial charge in [0, 0.05) is 5.75 Å². The van der Waals surface area contributed by atoms with Crippen LogP contribution in [0.3, 0.4) is 0 Å². The van der Waals surface area contributed by atoms with Crippen LogP contribution in [-0.2, 0) is 10.5 Å². The Morgan fingerprint density at radius 3 is 2.40 bits per heavy atom. The fourth-order valence-corrected chi connectivity index (χ4v) is 4.37. The number of ether oxygens (including phenoxy) is 2. The molecule has 4 rings (SSSR count). The van der Waals surface area contributed by atoms with Crippen molar-refractivity contribution >= 4 is 34.6 Å². The Labute approximate surface area is 205 Å². The number of carbonyl (C=O) groups excluding carboxylic acids is 1. The average Bonchev–Trinajstić information content (AvgIpc) is 3.18. The Morgan fingerprint density at radius 2 is 1.74 bits per heavy atom. The summed E-state index contributed by atoms with van der Waals surface area (Å²) in [5, 5.41) is 9.78. The first-order valence-corrected chi connectivity index (χ1v) is 11.4. The van der Waals surface area contributed by atoms with Crippen molar-refractivity contribution in [2.45, 2.75) is 12.4 Å². The minimum atomic E-state index is -2.94. The molecule has 6 nitrogen and oxygen atoms in total. The van der Waals surface area contributed by atoms with Crippen LogP contribution in [0.4, 0.5) is 14.5 Å². The normalized spacial score (nSPS) is 14.3. The maximum Gasteiger partial charge on any atom is 0.387 e. The molecule has 0 bridgehead atoms. The molecule has 0 aromatic heterocycles. The fraction of sp³-hybridized carbons (Fsp3) is 0.115. The predicted octanol–water partition coefficient (Wildman–Crippen LogP) is 5.85. The van der Waals surface area contributed by atoms with Crippen LogP contribution in [-0.4, -0.2) is 24.8 Å². The number of hydrogen-bond acceptors (Lipinski definition) is 6. The first-order chi connectivity index (χ1) is 17.0. The van der Waals surface area contributed by atoms with Crippen molar-refractivity contribution in [1.82, 2.24) is 0 Å². The number of amides is 1. The van der Waals surface area contributed by atoms with Crippen molar-refractivity contribution in [3.05, 3.63) is 95.2 Å². The minimum Gasteiger partial charge on any atom is -0.497 e. The molecule has 35 heavy (non-hydrogen) atoms. The van der Waals surface area contributed by atoms with E-state index >= 15 is 0 Å². The van der Waals surface area contributed by atoms with Crippen LogP contribution < -0.4 is 14.4 Å². The SMILES string of the molecule is COc1ccc(C=C2N=C(SCc3ccccc3C#N)N(c3ccc(OC(F)F)cc3)C2=O)cc1. The van der Waals surface area contributed by atoms with E-state index in [1.807, 2.05) is 24.3 Å². The molecule has 1 heterocycles. The second-order valence-corrected chi connectivity index (χ2v) is 8.21. The van der Waals surface area contributed by atoms with Gasteiger partial charge >= 0.3 is 6.61 Å². The number of hydrogen-bond donors (Lipinski definition) is 0. The van der Waals surface area contributed by atoms with Gasteiger partial charge in [-0.25, -0.2) is 4.99 Å². The van der Waals surface area contributed by atoms with Crippen molar-refractivity contribution in [3.63, 3.8) is 0 Å². The third-order valence-electron chi connectivity index (χ3n) is 5.06. The summed E-state index contributed by atoms with van der Waals surface area (Å²) >= 11 is 1.30. The molecule has 1 aliphatic heterocycles. The summed E-state index contributed by atoms with van der Waals surface area (Å²) in [5.41, 5.74) is 2.79. The molecule has 1 aliphatic rings. The summed E-state index contributed by atoms with van der Waals surface area (Å²) in [6.07, 6.45) is 1.67. The molecule has 3 aromatic rings. The first kappa shape index (κ1) is 24.0. The van der Waals surface area contributed by atoms with E-state index in [1.165, 1.54) is 40.9 Å². The monoisotopic (exact) mass is 491 g/mol. The summed E-state index contributed by atoms with van der Waals surface area (Å²) in [7, 11) is 1.57. The molecule has 0 atom stereocenters. The minimum absolute atomic E-state index is 0.0153. The van der Waals surface area contributed by atoms with Crippen LogP contribution in [0.5, 0.6) is 11.5 Å². The van der Waals surface area contributed by atoms with E-state index in [1.54, 1.807) is 37.5 Å². The molecule has 0 N–H and O–H groups in total. The number of carbonyl (C=O) groups is 1. The first-order valence-electron chi connectivity index (χ1n) is 10.4. The van der Waals surface area contributed by atoms with E-state index < -0.39 is 6.61 Å². The summed E-state index contributed by atoms with van der Waals surface area (Å²) in [5.74, 6) is 0.723. The van der Waals surface area contributed by atoms with Gasteiger partial charge in [-0.2, -0.15) is 14.0 Å². The number of thioether (sulfide) groups is 1. The third-order valence-corrected chi connectivity index (χ3v) is 6.05. The van der Waals surface area contributed by atoms with Gasteiger partial charge < -0.3 is 9.47 Å². The van der Waals surface area contributed by atoms with Gasteiger partial charge in [-0.3, -0.25) is 9.69 Å². The second kappa shape index (κ2) is 10.8. The number of methoxy groups -OCH3 is 1. The topological polar surface area (TPSA) is 74.9 Å². The number of amidine groups is 1. The number of nitriles is 1. The van der Waals surface area contributed by atoms with Crippen LogP contribution in [0.15, 0.2) is 83.5 Å². The highest BCUT2D eigenvalue weighted by atomic mass is 32.2. The van der Waals surface area contributed by atoms with Crippen LogP contribution >= 0.6 is 11.8 Å². The highest BCUT2D eigenvalue weighted by Gasteiger charge is 2.32. The van der Waals surface area contributed by atoms with Crippen molar-refractivity contribution < 1.29 is 23.0 Å². The van der Waals surface area contributed by atoms with Gasteiger partial charge in [0.2, 0.25) is 0 Å². The van der Waals surface area contributed by atoms with Crippen molar-refractivity contribution in [1.29, 1.82) is 5.26 Å². The lowest BCUT2D eigenvalue weighted by molar-refractivity contribution is -0.113. The standard InChI is InChI=1S/C26H19F2N3O3S/c1-33-21-10-6-17(7-11-21)14-23-24(32)31(20-8-12-22(13-9-20)34-25(27)28)26(30-23)35-16-19-5-3-2-4-18(19)15-29/h2-14,25H,16H2,1H3. The lowest BCUT2D eigenvalue weighted by Crippen LogP contribution is -2.30. The largest absolute Gasteiger partial charge is 0.497 e. The van der Waals surface area contributed by atoms with E-state index in [0.29, 0.717) is 27.9 Å². The maximum absolute atomic E-state index is 13.3. The molecule has 0 saturated carbocycles. The van der Waals surface area contributed by atoms with E-state index in [4.69, 9.17) is 4.74 Å². The Kier molecular flexibility index (Phi) is 7.43. The quantitative estimate of drug-likeness (QED) is 0.388. The molecule has 0 radical (unpaired) electrons. The van der Waals surface area contributed by atoms with Crippen molar-refractivity contribution in [3.8, 4) is 17.6 Å². The Hall–Kier alpha value is -4.16. The summed E-state index contributed by atoms with van der Waals surface area (Å²) in [4.78, 5) is 19.3. The predicted molar refractivity (Wildman–Crippen MR) is 131 cm³/mol. The van der Waals surface area contributed by atoms with Crippen LogP contribution in [0.2, 0.25) is 0 Å². The zero-order chi connectivity index (χ0) is 24.8. The molecule has 1 amide bonds. The molecule has 0 aliphatic carbocycles. The number of nitrogens with zero attached hydrogens (tertiary/aromatic N) is 3. The molecule has 3 aromatic carbocycles. The van der Waals surface area contributed by atoms with E-state index in [9.17, 15) is 18.8 Å². The van der Waals surface area contributed by atoms with Gasteiger partial charge in [0.05, 0.1) is 24.4 Å². The number of alkyl halides is 2. The number of rotatable bonds is 7. The van der Waals surface area contributed by atoms with Gasteiger partial charge in [-0.05, 0) is 59.7 Å². The lowest BCUT2D eigenvalue weighted by Gasteiger charge is -2.18. The molecule has 9 heteroatoms. The smallest absolute Gasteiger partial charge is 0.387 e. The average molecular weight is 492 g/mol. The van der Waals surface area contributed by atoms with Gasteiger partial charge in [-0.1, -0.05) is 42.1 Å². The van der Waals surface area contributed by atoms with E-state index in [0.717, 1.165) is 11.1 Å². The van der Waals surface area contributed by atoms with Crippen LogP contribution in [0, 0.1) is 11.3 Å². The van der Waals surface area contributed by atoms with E-state index in [2.05, 4.69) is 15.8 Å². The molecule has 0 unspecified atom stereocenters. The van der Waals surface area contributed by atoms with Gasteiger partial charge in [-0.15, -0.1) is 0 Å². The number of anilines is 1. The second-order valence-electron chi connectivity index (χ2n) is 7.27.